The number of hydrogen-bond acceptors (Lipinski definition) is 3. The number of ether oxygens (including phenoxy) is 1. The maximum atomic E-state index is 5.59. The Hall–Kier alpha value is -2.89. The molecule has 0 spiro atoms. The summed E-state index contributed by atoms with van der Waals surface area (Å²) in [5.74, 6) is 0.926. The van der Waals surface area contributed by atoms with E-state index in [2.05, 4.69) is 47.1 Å². The number of benzene rings is 3. The van der Waals surface area contributed by atoms with Crippen LogP contribution in [0.25, 0.3) is 5.57 Å². The van der Waals surface area contributed by atoms with Crippen molar-refractivity contribution < 1.29 is 4.74 Å². The Morgan fingerprint density at radius 2 is 1.63 bits per heavy atom. The van der Waals surface area contributed by atoms with E-state index in [-0.39, 0.29) is 5.92 Å². The van der Waals surface area contributed by atoms with Crippen molar-refractivity contribution in [2.45, 2.75) is 12.8 Å². The smallest absolute Gasteiger partial charge is 0.198 e. The Morgan fingerprint density at radius 3 is 2.30 bits per heavy atom. The summed E-state index contributed by atoms with van der Waals surface area (Å²) in [5.41, 5.74) is 4.51. The van der Waals surface area contributed by atoms with Gasteiger partial charge in [-0.15, -0.1) is 0 Å². The molecule has 1 unspecified atom stereocenters. The molecule has 3 nitrogen and oxygen atoms in total. The highest BCUT2D eigenvalue weighted by atomic mass is 32.2. The second kappa shape index (κ2) is 9.74. The van der Waals surface area contributed by atoms with E-state index >= 15 is 0 Å². The van der Waals surface area contributed by atoms with Crippen molar-refractivity contribution in [1.82, 2.24) is 0 Å². The van der Waals surface area contributed by atoms with Gasteiger partial charge in [0.25, 0.3) is 0 Å². The fraction of sp³-hybridized carbons (Fsp3) is 0.120. The average molecular weight is 431 g/mol. The van der Waals surface area contributed by atoms with Crippen LogP contribution in [-0.2, 0) is 0 Å². The van der Waals surface area contributed by atoms with Crippen molar-refractivity contribution in [2.24, 2.45) is 4.99 Å². The van der Waals surface area contributed by atoms with Crippen molar-refractivity contribution in [1.29, 1.82) is 0 Å². The van der Waals surface area contributed by atoms with E-state index in [0.717, 1.165) is 22.0 Å². The number of hydrogen-bond donors (Lipinski definition) is 1. The van der Waals surface area contributed by atoms with E-state index in [0.29, 0.717) is 11.7 Å². The second-order valence-electron chi connectivity index (χ2n) is 6.74. The third-order valence-electron chi connectivity index (χ3n) is 4.73. The number of allylic oxidation sites excluding steroid dienone is 1. The maximum absolute atomic E-state index is 5.59. The highest BCUT2D eigenvalue weighted by molar-refractivity contribution is 8.17. The van der Waals surface area contributed by atoms with Crippen LogP contribution in [0.1, 0.15) is 24.0 Å². The van der Waals surface area contributed by atoms with Gasteiger partial charge in [-0.25, -0.2) is 4.99 Å². The lowest BCUT2D eigenvalue weighted by molar-refractivity contribution is 0.340. The van der Waals surface area contributed by atoms with E-state index < -0.39 is 0 Å². The van der Waals surface area contributed by atoms with Crippen LogP contribution in [0.4, 0.5) is 5.69 Å². The van der Waals surface area contributed by atoms with Crippen molar-refractivity contribution in [3.63, 3.8) is 0 Å². The Morgan fingerprint density at radius 1 is 0.967 bits per heavy atom. The molecule has 1 atom stereocenters. The predicted molar refractivity (Wildman–Crippen MR) is 132 cm³/mol. The molecule has 0 aromatic heterocycles. The van der Waals surface area contributed by atoms with Gasteiger partial charge in [-0.1, -0.05) is 72.4 Å². The van der Waals surface area contributed by atoms with E-state index in [1.54, 1.807) is 11.8 Å². The van der Waals surface area contributed by atoms with Crippen molar-refractivity contribution >= 4 is 45.4 Å². The fourth-order valence-corrected chi connectivity index (χ4v) is 4.71. The first-order chi connectivity index (χ1) is 14.7. The van der Waals surface area contributed by atoms with Gasteiger partial charge in [0.1, 0.15) is 5.75 Å². The zero-order valence-corrected chi connectivity index (χ0v) is 18.2. The van der Waals surface area contributed by atoms with E-state index in [1.807, 2.05) is 55.5 Å². The minimum atomic E-state index is 0.0460. The summed E-state index contributed by atoms with van der Waals surface area (Å²) in [4.78, 5) is 4.78. The van der Waals surface area contributed by atoms with Gasteiger partial charge in [0.05, 0.1) is 17.6 Å². The lowest BCUT2D eigenvalue weighted by Crippen LogP contribution is -2.13. The highest BCUT2D eigenvalue weighted by Crippen LogP contribution is 2.44. The Kier molecular flexibility index (Phi) is 6.62. The molecule has 1 N–H and O–H groups in total. The normalized spacial score (nSPS) is 16.9. The Bertz CT molecular complexity index is 1060. The molecule has 0 aliphatic carbocycles. The summed E-state index contributed by atoms with van der Waals surface area (Å²) in [6.07, 6.45) is 0. The van der Waals surface area contributed by atoms with Crippen LogP contribution < -0.4 is 10.1 Å². The number of rotatable bonds is 5. The molecule has 0 amide bonds. The molecular weight excluding hydrogens is 408 g/mol. The minimum absolute atomic E-state index is 0.0460. The highest BCUT2D eigenvalue weighted by Gasteiger charge is 2.29. The fourth-order valence-electron chi connectivity index (χ4n) is 3.37. The number of nitrogens with zero attached hydrogens (tertiary/aromatic N) is 1. The van der Waals surface area contributed by atoms with Gasteiger partial charge in [0.2, 0.25) is 0 Å². The van der Waals surface area contributed by atoms with Crippen LogP contribution >= 0.6 is 24.0 Å². The largest absolute Gasteiger partial charge is 0.494 e. The summed E-state index contributed by atoms with van der Waals surface area (Å²) in [6, 6.07) is 28.6. The van der Waals surface area contributed by atoms with Gasteiger partial charge in [-0.3, -0.25) is 0 Å². The molecule has 4 rings (SSSR count). The number of aliphatic imine (C=N–C) groups is 1. The third kappa shape index (κ3) is 4.81. The molecule has 5 heteroatoms. The molecule has 0 bridgehead atoms. The number of thioether (sulfide) groups is 1. The molecule has 3 aromatic carbocycles. The molecule has 0 fully saturated rings. The molecule has 1 heterocycles. The predicted octanol–water partition coefficient (Wildman–Crippen LogP) is 6.75. The first kappa shape index (κ1) is 20.4. The van der Waals surface area contributed by atoms with Crippen LogP contribution in [-0.4, -0.2) is 16.8 Å². The molecule has 1 aliphatic heterocycles. The van der Waals surface area contributed by atoms with E-state index in [1.165, 1.54) is 11.1 Å². The quantitative estimate of drug-likeness (QED) is 0.454. The van der Waals surface area contributed by atoms with Crippen LogP contribution in [0.3, 0.4) is 0 Å². The lowest BCUT2D eigenvalue weighted by Gasteiger charge is -2.17. The number of nitrogens with one attached hydrogen (secondary N) is 1. The van der Waals surface area contributed by atoms with Crippen molar-refractivity contribution in [3.8, 4) is 5.75 Å². The number of para-hydroxylation sites is 1. The van der Waals surface area contributed by atoms with Crippen LogP contribution in [0.5, 0.6) is 5.75 Å². The summed E-state index contributed by atoms with van der Waals surface area (Å²) < 4.78 is 5.59. The zero-order chi connectivity index (χ0) is 20.8. The molecule has 0 saturated carbocycles. The van der Waals surface area contributed by atoms with Crippen LogP contribution in [0.15, 0.2) is 95.3 Å². The van der Waals surface area contributed by atoms with Crippen molar-refractivity contribution in [3.05, 3.63) is 101 Å². The van der Waals surface area contributed by atoms with Gasteiger partial charge in [0, 0.05) is 5.69 Å². The Labute approximate surface area is 186 Å². The zero-order valence-electron chi connectivity index (χ0n) is 16.6. The minimum Gasteiger partial charge on any atom is -0.494 e. The van der Waals surface area contributed by atoms with Crippen molar-refractivity contribution in [2.75, 3.05) is 11.9 Å². The Balaban J connectivity index is 1.62. The van der Waals surface area contributed by atoms with E-state index in [9.17, 15) is 0 Å². The molecule has 150 valence electrons. The molecular formula is C25H22N2OS2. The first-order valence-electron chi connectivity index (χ1n) is 9.84. The van der Waals surface area contributed by atoms with Gasteiger partial charge in [-0.2, -0.15) is 0 Å². The van der Waals surface area contributed by atoms with Gasteiger partial charge in [-0.05, 0) is 65.5 Å². The maximum Gasteiger partial charge on any atom is 0.198 e. The van der Waals surface area contributed by atoms with E-state index in [4.69, 9.17) is 21.9 Å². The lowest BCUT2D eigenvalue weighted by atomic mass is 9.88. The van der Waals surface area contributed by atoms with Gasteiger partial charge >= 0.3 is 0 Å². The second-order valence-corrected chi connectivity index (χ2v) is 8.01. The molecule has 0 radical (unpaired) electrons. The summed E-state index contributed by atoms with van der Waals surface area (Å²) in [7, 11) is 0. The molecule has 30 heavy (non-hydrogen) atoms. The monoisotopic (exact) mass is 430 g/mol. The SMILES string of the molecule is CCOc1ccc(C2=CS/C(=N\C(=S)Nc3ccccc3)C2c2ccccc2)cc1. The molecule has 1 aliphatic rings. The topological polar surface area (TPSA) is 33.6 Å². The average Bonchev–Trinajstić information content (AvgIpc) is 3.19. The standard InChI is InChI=1S/C25H22N2OS2/c1-2-28-21-15-13-18(14-16-21)22-17-30-24(23(22)19-9-5-3-6-10-19)27-25(29)26-20-11-7-4-8-12-20/h3-17,23H,2H2,1H3,(H,26,29)/b27-24-. The molecule has 0 saturated heterocycles. The molecule has 3 aromatic rings. The summed E-state index contributed by atoms with van der Waals surface area (Å²) >= 11 is 7.16. The van der Waals surface area contributed by atoms with Gasteiger partial charge in [0.15, 0.2) is 5.11 Å². The first-order valence-corrected chi connectivity index (χ1v) is 11.1. The summed E-state index contributed by atoms with van der Waals surface area (Å²) in [6.45, 7) is 2.65. The summed E-state index contributed by atoms with van der Waals surface area (Å²) in [5, 5.41) is 6.82. The number of anilines is 1. The van der Waals surface area contributed by atoms with Gasteiger partial charge < -0.3 is 10.1 Å². The third-order valence-corrected chi connectivity index (χ3v) is 5.87. The number of thiocarbonyl (C=S) groups is 1. The van der Waals surface area contributed by atoms with Crippen LogP contribution in [0, 0.1) is 0 Å². The van der Waals surface area contributed by atoms with Crippen LogP contribution in [0.2, 0.25) is 0 Å².